The second-order valence-corrected chi connectivity index (χ2v) is 7.14. The molecule has 0 radical (unpaired) electrons. The molecule has 0 aromatic heterocycles. The first-order valence-corrected chi connectivity index (χ1v) is 8.05. The van der Waals surface area contributed by atoms with Crippen LogP contribution in [0, 0.1) is 11.3 Å². The van der Waals surface area contributed by atoms with E-state index in [4.69, 9.17) is 10.4 Å². The van der Waals surface area contributed by atoms with Crippen molar-refractivity contribution in [3.05, 3.63) is 28.2 Å². The van der Waals surface area contributed by atoms with E-state index < -0.39 is 22.0 Å². The summed E-state index contributed by atoms with van der Waals surface area (Å²) < 4.78 is 26.6. The maximum Gasteiger partial charge on any atom is 0.322 e. The number of carboxylic acids is 1. The van der Waals surface area contributed by atoms with Gasteiger partial charge in [-0.3, -0.25) is 4.79 Å². The molecule has 0 aliphatic carbocycles. The van der Waals surface area contributed by atoms with Crippen LogP contribution in [-0.2, 0) is 14.8 Å². The summed E-state index contributed by atoms with van der Waals surface area (Å²) in [6, 6.07) is 5.04. The van der Waals surface area contributed by atoms with E-state index in [1.54, 1.807) is 6.07 Å². The molecule has 0 saturated carbocycles. The van der Waals surface area contributed by atoms with Crippen LogP contribution in [0.1, 0.15) is 18.4 Å². The highest BCUT2D eigenvalue weighted by Crippen LogP contribution is 2.29. The summed E-state index contributed by atoms with van der Waals surface area (Å²) in [5.41, 5.74) is 0.00392. The standard InChI is InChI=1S/C12H11BrN2O4S/c13-9-4-3-8(7-14)11(6-9)20(18,19)15-5-1-2-10(15)12(16)17/h3-4,6,10H,1-2,5H2,(H,16,17). The SMILES string of the molecule is N#Cc1ccc(Br)cc1S(=O)(=O)N1CCCC1C(=O)O. The zero-order chi connectivity index (χ0) is 14.9. The molecular formula is C12H11BrN2O4S. The average Bonchev–Trinajstić information content (AvgIpc) is 2.88. The van der Waals surface area contributed by atoms with Crippen molar-refractivity contribution in [3.8, 4) is 6.07 Å². The van der Waals surface area contributed by atoms with Crippen LogP contribution < -0.4 is 0 Å². The van der Waals surface area contributed by atoms with E-state index in [2.05, 4.69) is 15.9 Å². The third-order valence-electron chi connectivity index (χ3n) is 3.14. The van der Waals surface area contributed by atoms with Gasteiger partial charge < -0.3 is 5.11 Å². The molecule has 1 aromatic rings. The van der Waals surface area contributed by atoms with E-state index in [-0.39, 0.29) is 23.4 Å². The average molecular weight is 359 g/mol. The molecule has 6 nitrogen and oxygen atoms in total. The number of sulfonamides is 1. The molecule has 2 rings (SSSR count). The first kappa shape index (κ1) is 15.0. The molecule has 0 bridgehead atoms. The van der Waals surface area contributed by atoms with Gasteiger partial charge in [0, 0.05) is 11.0 Å². The fourth-order valence-electron chi connectivity index (χ4n) is 2.20. The predicted octanol–water partition coefficient (Wildman–Crippen LogP) is 1.56. The maximum absolute atomic E-state index is 12.6. The summed E-state index contributed by atoms with van der Waals surface area (Å²) in [7, 11) is -4.00. The van der Waals surface area contributed by atoms with Crippen molar-refractivity contribution in [3.63, 3.8) is 0 Å². The van der Waals surface area contributed by atoms with Crippen LogP contribution in [0.4, 0.5) is 0 Å². The highest BCUT2D eigenvalue weighted by molar-refractivity contribution is 9.10. The zero-order valence-corrected chi connectivity index (χ0v) is 12.7. The number of halogens is 1. The van der Waals surface area contributed by atoms with Gasteiger partial charge in [0.05, 0.1) is 5.56 Å². The predicted molar refractivity (Wildman–Crippen MR) is 73.4 cm³/mol. The molecule has 0 amide bonds. The van der Waals surface area contributed by atoms with E-state index in [0.717, 1.165) is 4.31 Å². The zero-order valence-electron chi connectivity index (χ0n) is 10.3. The topological polar surface area (TPSA) is 98.5 Å². The van der Waals surface area contributed by atoms with Gasteiger partial charge in [-0.2, -0.15) is 9.57 Å². The van der Waals surface area contributed by atoms with Crippen LogP contribution in [0.3, 0.4) is 0 Å². The van der Waals surface area contributed by atoms with Crippen molar-refractivity contribution in [1.29, 1.82) is 5.26 Å². The van der Waals surface area contributed by atoms with Crippen LogP contribution in [0.15, 0.2) is 27.6 Å². The monoisotopic (exact) mass is 358 g/mol. The van der Waals surface area contributed by atoms with E-state index in [1.165, 1.54) is 12.1 Å². The van der Waals surface area contributed by atoms with Crippen LogP contribution in [0.5, 0.6) is 0 Å². The molecule has 1 aliphatic heterocycles. The second kappa shape index (κ2) is 5.52. The van der Waals surface area contributed by atoms with Crippen LogP contribution in [-0.4, -0.2) is 36.4 Å². The molecule has 1 atom stereocenters. The summed E-state index contributed by atoms with van der Waals surface area (Å²) in [4.78, 5) is 11.0. The van der Waals surface area contributed by atoms with Crippen molar-refractivity contribution in [2.75, 3.05) is 6.54 Å². The Kier molecular flexibility index (Phi) is 4.13. The Labute approximate surface area is 124 Å². The third-order valence-corrected chi connectivity index (χ3v) is 5.58. The van der Waals surface area contributed by atoms with Gasteiger partial charge in [-0.1, -0.05) is 15.9 Å². The molecular weight excluding hydrogens is 348 g/mol. The molecule has 20 heavy (non-hydrogen) atoms. The van der Waals surface area contributed by atoms with Gasteiger partial charge in [0.2, 0.25) is 10.0 Å². The Morgan fingerprint density at radius 1 is 1.50 bits per heavy atom. The van der Waals surface area contributed by atoms with Crippen molar-refractivity contribution in [2.24, 2.45) is 0 Å². The number of hydrogen-bond donors (Lipinski definition) is 1. The number of hydrogen-bond acceptors (Lipinski definition) is 4. The minimum atomic E-state index is -4.00. The summed E-state index contributed by atoms with van der Waals surface area (Å²) in [5.74, 6) is -1.17. The largest absolute Gasteiger partial charge is 0.480 e. The van der Waals surface area contributed by atoms with Gasteiger partial charge in [-0.15, -0.1) is 0 Å². The van der Waals surface area contributed by atoms with E-state index in [1.807, 2.05) is 6.07 Å². The van der Waals surface area contributed by atoms with Crippen LogP contribution >= 0.6 is 15.9 Å². The quantitative estimate of drug-likeness (QED) is 0.883. The molecule has 1 N–H and O–H groups in total. The first-order valence-electron chi connectivity index (χ1n) is 5.82. The number of nitriles is 1. The van der Waals surface area contributed by atoms with E-state index >= 15 is 0 Å². The number of carbonyl (C=O) groups is 1. The molecule has 106 valence electrons. The number of carboxylic acid groups (broad SMARTS) is 1. The summed E-state index contributed by atoms with van der Waals surface area (Å²) in [6.45, 7) is 0.149. The van der Waals surface area contributed by atoms with E-state index in [9.17, 15) is 13.2 Å². The highest BCUT2D eigenvalue weighted by Gasteiger charge is 2.40. The van der Waals surface area contributed by atoms with Gasteiger partial charge in [-0.25, -0.2) is 8.42 Å². The van der Waals surface area contributed by atoms with E-state index in [0.29, 0.717) is 10.9 Å². The molecule has 1 aromatic carbocycles. The van der Waals surface area contributed by atoms with Crippen molar-refractivity contribution >= 4 is 31.9 Å². The van der Waals surface area contributed by atoms with Crippen molar-refractivity contribution in [2.45, 2.75) is 23.8 Å². The molecule has 1 heterocycles. The van der Waals surface area contributed by atoms with Crippen molar-refractivity contribution < 1.29 is 18.3 Å². The number of rotatable bonds is 3. The Hall–Kier alpha value is -1.43. The van der Waals surface area contributed by atoms with Crippen LogP contribution in [0.25, 0.3) is 0 Å². The lowest BCUT2D eigenvalue weighted by atomic mass is 10.2. The Bertz CT molecular complexity index is 696. The minimum absolute atomic E-state index is 0.00392. The van der Waals surface area contributed by atoms with Crippen LogP contribution in [0.2, 0.25) is 0 Å². The fourth-order valence-corrected chi connectivity index (χ4v) is 4.54. The smallest absolute Gasteiger partial charge is 0.322 e. The number of benzene rings is 1. The van der Waals surface area contributed by atoms with Gasteiger partial charge in [0.1, 0.15) is 17.0 Å². The van der Waals surface area contributed by atoms with Crippen molar-refractivity contribution in [1.82, 2.24) is 4.31 Å². The molecule has 8 heteroatoms. The lowest BCUT2D eigenvalue weighted by Gasteiger charge is -2.21. The van der Waals surface area contributed by atoms with Gasteiger partial charge in [-0.05, 0) is 31.0 Å². The summed E-state index contributed by atoms with van der Waals surface area (Å²) in [6.07, 6.45) is 0.774. The number of nitrogens with zero attached hydrogens (tertiary/aromatic N) is 2. The normalized spacial score (nSPS) is 19.7. The van der Waals surface area contributed by atoms with Gasteiger partial charge in [0.25, 0.3) is 0 Å². The highest BCUT2D eigenvalue weighted by atomic mass is 79.9. The Balaban J connectivity index is 2.54. The summed E-state index contributed by atoms with van der Waals surface area (Å²) >= 11 is 3.16. The Morgan fingerprint density at radius 2 is 2.20 bits per heavy atom. The van der Waals surface area contributed by atoms with Gasteiger partial charge >= 0.3 is 5.97 Å². The summed E-state index contributed by atoms with van der Waals surface area (Å²) in [5, 5.41) is 18.1. The molecule has 1 saturated heterocycles. The third kappa shape index (κ3) is 2.57. The first-order chi connectivity index (χ1) is 9.37. The fraction of sp³-hybridized carbons (Fsp3) is 0.333. The lowest BCUT2D eigenvalue weighted by Crippen LogP contribution is -2.40. The molecule has 1 fully saturated rings. The Morgan fingerprint density at radius 3 is 2.80 bits per heavy atom. The maximum atomic E-state index is 12.6. The molecule has 0 spiro atoms. The molecule has 1 unspecified atom stereocenters. The lowest BCUT2D eigenvalue weighted by molar-refractivity contribution is -0.140. The molecule has 1 aliphatic rings. The van der Waals surface area contributed by atoms with Gasteiger partial charge in [0.15, 0.2) is 0 Å². The minimum Gasteiger partial charge on any atom is -0.480 e. The second-order valence-electron chi connectivity index (χ2n) is 4.36. The number of aliphatic carboxylic acids is 1.